The summed E-state index contributed by atoms with van der Waals surface area (Å²) in [5.41, 5.74) is 0.784. The van der Waals surface area contributed by atoms with Crippen LogP contribution in [-0.2, 0) is 0 Å². The number of hydrogen-bond donors (Lipinski definition) is 1. The summed E-state index contributed by atoms with van der Waals surface area (Å²) in [4.78, 5) is 13.3. The van der Waals surface area contributed by atoms with E-state index in [1.54, 1.807) is 30.5 Å². The number of halogens is 2. The molecule has 1 aromatic carbocycles. The first kappa shape index (κ1) is 14.6. The van der Waals surface area contributed by atoms with Crippen LogP contribution in [-0.4, -0.2) is 4.92 Å². The third-order valence-corrected chi connectivity index (χ3v) is 3.38. The summed E-state index contributed by atoms with van der Waals surface area (Å²) in [5, 5.41) is 15.1. The van der Waals surface area contributed by atoms with Gasteiger partial charge in [-0.3, -0.25) is 15.4 Å². The van der Waals surface area contributed by atoms with Gasteiger partial charge >= 0.3 is 11.5 Å². The summed E-state index contributed by atoms with van der Waals surface area (Å²) in [6, 6.07) is 7.94. The summed E-state index contributed by atoms with van der Waals surface area (Å²) in [5.74, 6) is 0.330. The number of pyridine rings is 1. The largest absolute Gasteiger partial charge is 0.357 e. The maximum absolute atomic E-state index is 11.0. The van der Waals surface area contributed by atoms with Gasteiger partial charge in [0.1, 0.15) is 6.04 Å². The Labute approximate surface area is 125 Å². The van der Waals surface area contributed by atoms with Crippen molar-refractivity contribution in [1.29, 1.82) is 0 Å². The lowest BCUT2D eigenvalue weighted by atomic mass is 10.1. The molecule has 1 aromatic heterocycles. The van der Waals surface area contributed by atoms with E-state index in [4.69, 9.17) is 23.2 Å². The molecule has 104 valence electrons. The molecule has 2 aromatic rings. The molecular weight excluding hydrogens is 301 g/mol. The minimum atomic E-state index is -0.449. The summed E-state index contributed by atoms with van der Waals surface area (Å²) in [7, 11) is 0. The quantitative estimate of drug-likeness (QED) is 0.687. The second-order valence-corrected chi connectivity index (χ2v) is 5.06. The lowest BCUT2D eigenvalue weighted by Crippen LogP contribution is -2.17. The topological polar surface area (TPSA) is 69.3 Å². The van der Waals surface area contributed by atoms with Crippen LogP contribution in [0.3, 0.4) is 0 Å². The first-order valence-electron chi connectivity index (χ1n) is 5.85. The molecule has 0 aliphatic carbocycles. The van der Waals surface area contributed by atoms with Gasteiger partial charge in [-0.2, -0.15) is 0 Å². The van der Waals surface area contributed by atoms with Gasteiger partial charge < -0.3 is 0 Å². The molecule has 0 fully saturated rings. The minimum Gasteiger partial charge on any atom is -0.262 e. The number of anilines is 1. The van der Waals surface area contributed by atoms with Gasteiger partial charge in [-0.05, 0) is 25.1 Å². The van der Waals surface area contributed by atoms with Crippen LogP contribution in [0.2, 0.25) is 10.0 Å². The average molecular weight is 313 g/mol. The zero-order chi connectivity index (χ0) is 14.7. The van der Waals surface area contributed by atoms with E-state index in [0.717, 1.165) is 5.56 Å². The molecule has 0 radical (unpaired) electrons. The van der Waals surface area contributed by atoms with E-state index in [9.17, 15) is 10.1 Å². The first-order valence-corrected chi connectivity index (χ1v) is 6.61. The first-order chi connectivity index (χ1) is 9.49. The van der Waals surface area contributed by atoms with Crippen molar-refractivity contribution in [3.63, 3.8) is 0 Å². The molecule has 20 heavy (non-hydrogen) atoms. The van der Waals surface area contributed by atoms with Gasteiger partial charge in [0.15, 0.2) is 0 Å². The molecule has 0 spiro atoms. The number of nitro groups is 1. The molecule has 1 atom stereocenters. The molecule has 0 amide bonds. The fraction of sp³-hybridized carbons (Fsp3) is 0.154. The number of benzene rings is 1. The van der Waals surface area contributed by atoms with Crippen LogP contribution in [0.25, 0.3) is 0 Å². The molecule has 0 aliphatic heterocycles. The third kappa shape index (κ3) is 3.18. The van der Waals surface area contributed by atoms with Crippen molar-refractivity contribution in [3.8, 4) is 0 Å². The summed E-state index contributed by atoms with van der Waals surface area (Å²) < 4.78 is 0. The van der Waals surface area contributed by atoms with Crippen molar-refractivity contribution in [2.75, 3.05) is 5.32 Å². The number of H-pyrrole nitrogens is 1. The van der Waals surface area contributed by atoms with Crippen molar-refractivity contribution < 1.29 is 9.91 Å². The van der Waals surface area contributed by atoms with Gasteiger partial charge in [0.2, 0.25) is 0 Å². The smallest absolute Gasteiger partial charge is 0.262 e. The SMILES string of the molecule is C[C@H](Nc1[nH+]cccc1[N+](=O)[O-])c1ccc(Cl)cc1Cl. The number of hydrogen-bond acceptors (Lipinski definition) is 3. The Bertz CT molecular complexity index is 649. The van der Waals surface area contributed by atoms with E-state index < -0.39 is 4.92 Å². The van der Waals surface area contributed by atoms with Gasteiger partial charge in [0, 0.05) is 21.7 Å². The van der Waals surface area contributed by atoms with Gasteiger partial charge in [0.25, 0.3) is 0 Å². The summed E-state index contributed by atoms with van der Waals surface area (Å²) in [6.45, 7) is 1.86. The lowest BCUT2D eigenvalue weighted by Gasteiger charge is -2.11. The van der Waals surface area contributed by atoms with Crippen molar-refractivity contribution in [3.05, 3.63) is 62.3 Å². The van der Waals surface area contributed by atoms with E-state index in [0.29, 0.717) is 15.9 Å². The Kier molecular flexibility index (Phi) is 4.42. The number of nitrogens with zero attached hydrogens (tertiary/aromatic N) is 1. The van der Waals surface area contributed by atoms with Crippen LogP contribution in [0.4, 0.5) is 11.5 Å². The Morgan fingerprint density at radius 3 is 2.75 bits per heavy atom. The number of aromatic amines is 1. The van der Waals surface area contributed by atoms with Crippen LogP contribution < -0.4 is 10.3 Å². The molecule has 0 saturated heterocycles. The van der Waals surface area contributed by atoms with Crippen LogP contribution in [0, 0.1) is 10.1 Å². The predicted octanol–water partition coefficient (Wildman–Crippen LogP) is 3.89. The second kappa shape index (κ2) is 6.07. The highest BCUT2D eigenvalue weighted by Gasteiger charge is 2.23. The zero-order valence-corrected chi connectivity index (χ0v) is 12.1. The second-order valence-electron chi connectivity index (χ2n) is 4.22. The normalized spacial score (nSPS) is 11.9. The highest BCUT2D eigenvalue weighted by Crippen LogP contribution is 2.29. The summed E-state index contributed by atoms with van der Waals surface area (Å²) in [6.07, 6.45) is 1.62. The summed E-state index contributed by atoms with van der Waals surface area (Å²) >= 11 is 12.0. The van der Waals surface area contributed by atoms with Crippen LogP contribution in [0.1, 0.15) is 18.5 Å². The van der Waals surface area contributed by atoms with E-state index in [1.807, 2.05) is 6.92 Å². The minimum absolute atomic E-state index is 0.0237. The highest BCUT2D eigenvalue weighted by molar-refractivity contribution is 6.35. The monoisotopic (exact) mass is 312 g/mol. The molecule has 1 heterocycles. The molecule has 0 unspecified atom stereocenters. The van der Waals surface area contributed by atoms with E-state index >= 15 is 0 Å². The Morgan fingerprint density at radius 1 is 1.35 bits per heavy atom. The van der Waals surface area contributed by atoms with E-state index in [2.05, 4.69) is 10.3 Å². The van der Waals surface area contributed by atoms with Crippen LogP contribution in [0.15, 0.2) is 36.5 Å². The van der Waals surface area contributed by atoms with Crippen molar-refractivity contribution in [2.45, 2.75) is 13.0 Å². The molecule has 0 aliphatic rings. The number of nitrogens with one attached hydrogen (secondary N) is 2. The molecular formula is C13H12Cl2N3O2+. The average Bonchev–Trinajstić information content (AvgIpc) is 2.38. The van der Waals surface area contributed by atoms with Crippen molar-refractivity contribution >= 4 is 34.7 Å². The molecule has 2 rings (SSSR count). The predicted molar refractivity (Wildman–Crippen MR) is 78.2 cm³/mol. The molecule has 0 bridgehead atoms. The Hall–Kier alpha value is -1.85. The van der Waals surface area contributed by atoms with Crippen LogP contribution >= 0.6 is 23.2 Å². The van der Waals surface area contributed by atoms with E-state index in [1.165, 1.54) is 6.07 Å². The van der Waals surface area contributed by atoms with Gasteiger partial charge in [-0.25, -0.2) is 4.98 Å². The third-order valence-electron chi connectivity index (χ3n) is 2.82. The maximum Gasteiger partial charge on any atom is 0.357 e. The van der Waals surface area contributed by atoms with Crippen molar-refractivity contribution in [2.24, 2.45) is 0 Å². The molecule has 2 N–H and O–H groups in total. The highest BCUT2D eigenvalue weighted by atomic mass is 35.5. The number of aromatic nitrogens is 1. The fourth-order valence-corrected chi connectivity index (χ4v) is 2.41. The zero-order valence-electron chi connectivity index (χ0n) is 10.6. The Morgan fingerprint density at radius 2 is 2.10 bits per heavy atom. The van der Waals surface area contributed by atoms with Gasteiger partial charge in [-0.1, -0.05) is 29.3 Å². The fourth-order valence-electron chi connectivity index (χ4n) is 1.84. The van der Waals surface area contributed by atoms with E-state index in [-0.39, 0.29) is 11.7 Å². The molecule has 5 nitrogen and oxygen atoms in total. The Balaban J connectivity index is 2.28. The van der Waals surface area contributed by atoms with Crippen LogP contribution in [0.5, 0.6) is 0 Å². The van der Waals surface area contributed by atoms with Gasteiger partial charge in [-0.15, -0.1) is 0 Å². The maximum atomic E-state index is 11.0. The molecule has 7 heteroatoms. The standard InChI is InChI=1S/C13H11Cl2N3O2/c1-8(10-5-4-9(14)7-11(10)15)17-13-12(18(19)20)3-2-6-16-13/h2-8H,1H3,(H,16,17)/p+1/t8-/m0/s1. The molecule has 0 saturated carbocycles. The van der Waals surface area contributed by atoms with Gasteiger partial charge in [0.05, 0.1) is 11.1 Å². The van der Waals surface area contributed by atoms with Crippen molar-refractivity contribution in [1.82, 2.24) is 0 Å². The number of rotatable bonds is 4. The lowest BCUT2D eigenvalue weighted by molar-refractivity contribution is -0.409.